The number of ether oxygens (including phenoxy) is 1. The van der Waals surface area contributed by atoms with E-state index in [1.165, 1.54) is 11.3 Å². The molecule has 1 atom stereocenters. The minimum absolute atomic E-state index is 0.394. The summed E-state index contributed by atoms with van der Waals surface area (Å²) in [5, 5.41) is 11.5. The molecule has 0 aliphatic heterocycles. The van der Waals surface area contributed by atoms with Gasteiger partial charge in [0.25, 0.3) is 0 Å². The molecule has 0 saturated heterocycles. The Kier molecular flexibility index (Phi) is 4.45. The molecule has 5 nitrogen and oxygen atoms in total. The maximum Gasteiger partial charge on any atom is 0.316 e. The van der Waals surface area contributed by atoms with Gasteiger partial charge in [0.15, 0.2) is 18.3 Å². The monoisotopic (exact) mass is 340 g/mol. The van der Waals surface area contributed by atoms with Gasteiger partial charge >= 0.3 is 5.97 Å². The summed E-state index contributed by atoms with van der Waals surface area (Å²) in [7, 11) is 0. The minimum Gasteiger partial charge on any atom is -0.457 e. The van der Waals surface area contributed by atoms with E-state index in [1.807, 2.05) is 36.4 Å². The number of benzene rings is 1. The first-order valence-corrected chi connectivity index (χ1v) is 8.52. The van der Waals surface area contributed by atoms with Crippen molar-refractivity contribution in [1.29, 1.82) is 5.26 Å². The highest BCUT2D eigenvalue weighted by atomic mass is 32.1. The number of Topliss-reactive ketones (excluding diaryl/α,β-unsaturated/α-hetero) is 1. The van der Waals surface area contributed by atoms with Crippen molar-refractivity contribution in [1.82, 2.24) is 4.98 Å². The van der Waals surface area contributed by atoms with Gasteiger partial charge in [-0.15, -0.1) is 11.3 Å². The van der Waals surface area contributed by atoms with Gasteiger partial charge in [-0.2, -0.15) is 5.26 Å². The van der Waals surface area contributed by atoms with Crippen molar-refractivity contribution in [3.05, 3.63) is 52.0 Å². The van der Waals surface area contributed by atoms with E-state index in [9.17, 15) is 14.9 Å². The first-order valence-electron chi connectivity index (χ1n) is 7.64. The van der Waals surface area contributed by atoms with Gasteiger partial charge in [0.1, 0.15) is 5.01 Å². The summed E-state index contributed by atoms with van der Waals surface area (Å²) in [6.45, 7) is 1.40. The number of hydrogen-bond donors (Lipinski definition) is 0. The molecule has 0 spiro atoms. The van der Waals surface area contributed by atoms with Crippen molar-refractivity contribution in [2.45, 2.75) is 31.1 Å². The van der Waals surface area contributed by atoms with Crippen molar-refractivity contribution in [2.24, 2.45) is 0 Å². The van der Waals surface area contributed by atoms with Crippen molar-refractivity contribution in [3.63, 3.8) is 0 Å². The topological polar surface area (TPSA) is 80.0 Å². The van der Waals surface area contributed by atoms with Crippen LogP contribution in [0.5, 0.6) is 0 Å². The van der Waals surface area contributed by atoms with Gasteiger partial charge in [-0.3, -0.25) is 9.59 Å². The molecule has 1 aliphatic rings. The predicted octanol–water partition coefficient (Wildman–Crippen LogP) is 2.90. The number of esters is 1. The molecule has 24 heavy (non-hydrogen) atoms. The number of rotatable bonds is 6. The highest BCUT2D eigenvalue weighted by molar-refractivity contribution is 7.09. The Labute approximate surface area is 143 Å². The summed E-state index contributed by atoms with van der Waals surface area (Å²) in [6, 6.07) is 11.4. The van der Waals surface area contributed by atoms with Gasteiger partial charge in [0.05, 0.1) is 11.5 Å². The molecular formula is C18H16N2O3S. The smallest absolute Gasteiger partial charge is 0.316 e. The highest BCUT2D eigenvalue weighted by Crippen LogP contribution is 2.49. The predicted molar refractivity (Wildman–Crippen MR) is 88.5 cm³/mol. The maximum atomic E-state index is 12.4. The lowest BCUT2D eigenvalue weighted by Crippen LogP contribution is -2.27. The van der Waals surface area contributed by atoms with E-state index < -0.39 is 29.7 Å². The molecule has 1 aliphatic carbocycles. The van der Waals surface area contributed by atoms with Gasteiger partial charge < -0.3 is 4.74 Å². The third kappa shape index (κ3) is 3.08. The van der Waals surface area contributed by atoms with Crippen LogP contribution in [0, 0.1) is 18.3 Å². The Bertz CT molecular complexity index is 803. The maximum absolute atomic E-state index is 12.4. The quantitative estimate of drug-likeness (QED) is 0.755. The Morgan fingerprint density at radius 2 is 2.08 bits per heavy atom. The number of hydrogen-bond acceptors (Lipinski definition) is 6. The van der Waals surface area contributed by atoms with E-state index in [0.29, 0.717) is 5.01 Å². The van der Waals surface area contributed by atoms with Gasteiger partial charge in [-0.1, -0.05) is 30.3 Å². The van der Waals surface area contributed by atoms with Crippen LogP contribution in [-0.2, 0) is 19.7 Å². The molecule has 122 valence electrons. The lowest BCUT2D eigenvalue weighted by Gasteiger charge is -2.15. The zero-order valence-corrected chi connectivity index (χ0v) is 14.0. The lowest BCUT2D eigenvalue weighted by molar-refractivity contribution is -0.150. The molecule has 0 radical (unpaired) electrons. The third-order valence-electron chi connectivity index (χ3n) is 4.15. The van der Waals surface area contributed by atoms with Gasteiger partial charge in [-0.25, -0.2) is 4.98 Å². The standard InChI is InChI=1S/C18H16N2O3S/c1-12-11-24-16(20-12)14(9-19)15(21)10-23-17(22)18(7-8-18)13-5-3-2-4-6-13/h2-6,11,14H,7-8,10H2,1H3/t14-/m1/s1. The van der Waals surface area contributed by atoms with E-state index in [0.717, 1.165) is 24.1 Å². The van der Waals surface area contributed by atoms with Crippen LogP contribution in [0.25, 0.3) is 0 Å². The molecule has 2 aromatic rings. The molecule has 3 rings (SSSR count). The van der Waals surface area contributed by atoms with Gasteiger partial charge in [0.2, 0.25) is 0 Å². The zero-order valence-electron chi connectivity index (χ0n) is 13.2. The van der Waals surface area contributed by atoms with Crippen LogP contribution >= 0.6 is 11.3 Å². The van der Waals surface area contributed by atoms with Crippen LogP contribution < -0.4 is 0 Å². The number of carbonyl (C=O) groups excluding carboxylic acids is 2. The van der Waals surface area contributed by atoms with E-state index >= 15 is 0 Å². The second-order valence-electron chi connectivity index (χ2n) is 5.88. The van der Waals surface area contributed by atoms with Gasteiger partial charge in [0, 0.05) is 11.1 Å². The first kappa shape index (κ1) is 16.3. The molecule has 0 bridgehead atoms. The van der Waals surface area contributed by atoms with E-state index in [2.05, 4.69) is 4.98 Å². The molecule has 0 unspecified atom stereocenters. The van der Waals surface area contributed by atoms with Crippen LogP contribution in [0.4, 0.5) is 0 Å². The fourth-order valence-electron chi connectivity index (χ4n) is 2.62. The van der Waals surface area contributed by atoms with Crippen molar-refractivity contribution >= 4 is 23.1 Å². The van der Waals surface area contributed by atoms with Crippen molar-refractivity contribution < 1.29 is 14.3 Å². The van der Waals surface area contributed by atoms with E-state index in [4.69, 9.17) is 4.74 Å². The molecule has 0 N–H and O–H groups in total. The Morgan fingerprint density at radius 3 is 2.62 bits per heavy atom. The number of aryl methyl sites for hydroxylation is 1. The Morgan fingerprint density at radius 1 is 1.38 bits per heavy atom. The average Bonchev–Trinajstić information content (AvgIpc) is 3.31. The molecule has 1 aromatic carbocycles. The summed E-state index contributed by atoms with van der Waals surface area (Å²) in [6.07, 6.45) is 1.44. The lowest BCUT2D eigenvalue weighted by atomic mass is 9.96. The van der Waals surface area contributed by atoms with Gasteiger partial charge in [-0.05, 0) is 25.3 Å². The second kappa shape index (κ2) is 6.54. The van der Waals surface area contributed by atoms with E-state index in [-0.39, 0.29) is 0 Å². The van der Waals surface area contributed by atoms with Crippen LogP contribution in [-0.4, -0.2) is 23.3 Å². The summed E-state index contributed by atoms with van der Waals surface area (Å²) < 4.78 is 5.23. The summed E-state index contributed by atoms with van der Waals surface area (Å²) in [5.74, 6) is -1.82. The fraction of sp³-hybridized carbons (Fsp3) is 0.333. The number of aromatic nitrogens is 1. The average molecular weight is 340 g/mol. The third-order valence-corrected chi connectivity index (χ3v) is 5.17. The van der Waals surface area contributed by atoms with Crippen molar-refractivity contribution in [3.8, 4) is 6.07 Å². The summed E-state index contributed by atoms with van der Waals surface area (Å²) >= 11 is 1.26. The van der Waals surface area contributed by atoms with Crippen LogP contribution in [0.3, 0.4) is 0 Å². The highest BCUT2D eigenvalue weighted by Gasteiger charge is 2.52. The fourth-order valence-corrected chi connectivity index (χ4v) is 3.48. The molecule has 1 heterocycles. The number of carbonyl (C=O) groups is 2. The van der Waals surface area contributed by atoms with E-state index in [1.54, 1.807) is 12.3 Å². The molecule has 1 saturated carbocycles. The number of nitrogens with zero attached hydrogens (tertiary/aromatic N) is 2. The minimum atomic E-state index is -0.983. The van der Waals surface area contributed by atoms with Crippen molar-refractivity contribution in [2.75, 3.05) is 6.61 Å². The Balaban J connectivity index is 1.64. The SMILES string of the molecule is Cc1csc([C@H](C#N)C(=O)COC(=O)C2(c3ccccc3)CC2)n1. The summed E-state index contributed by atoms with van der Waals surface area (Å²) in [4.78, 5) is 28.8. The van der Waals surface area contributed by atoms with Crippen LogP contribution in [0.1, 0.15) is 35.0 Å². The Hall–Kier alpha value is -2.52. The normalized spacial score (nSPS) is 16.0. The second-order valence-corrected chi connectivity index (χ2v) is 6.77. The number of ketones is 1. The molecular weight excluding hydrogens is 324 g/mol. The van der Waals surface area contributed by atoms with Crippen LogP contribution in [0.15, 0.2) is 35.7 Å². The first-order chi connectivity index (χ1) is 11.6. The number of thiazole rings is 1. The zero-order chi connectivity index (χ0) is 17.2. The van der Waals surface area contributed by atoms with Crippen LogP contribution in [0.2, 0.25) is 0 Å². The molecule has 1 fully saturated rings. The molecule has 1 aromatic heterocycles. The molecule has 0 amide bonds. The number of nitriles is 1. The molecule has 6 heteroatoms. The summed E-state index contributed by atoms with van der Waals surface area (Å²) in [5.41, 5.74) is 1.05. The largest absolute Gasteiger partial charge is 0.457 e.